The van der Waals surface area contributed by atoms with Crippen LogP contribution in [0.1, 0.15) is 46.6 Å². The second kappa shape index (κ2) is 6.06. The lowest BCUT2D eigenvalue weighted by molar-refractivity contribution is -0.113. The second-order valence-corrected chi connectivity index (χ2v) is 8.20. The van der Waals surface area contributed by atoms with Crippen molar-refractivity contribution < 1.29 is 9.90 Å². The molecule has 0 unspecified atom stereocenters. The quantitative estimate of drug-likeness (QED) is 0.729. The molecule has 1 aromatic carbocycles. The second-order valence-electron chi connectivity index (χ2n) is 8.20. The zero-order valence-corrected chi connectivity index (χ0v) is 17.3. The average Bonchev–Trinajstić information content (AvgIpc) is 3.04. The van der Waals surface area contributed by atoms with E-state index in [1.54, 1.807) is 0 Å². The largest absolute Gasteiger partial charge is 0.506 e. The summed E-state index contributed by atoms with van der Waals surface area (Å²) in [6.45, 7) is 10.3. The summed E-state index contributed by atoms with van der Waals surface area (Å²) in [6, 6.07) is 8.25. The van der Waals surface area contributed by atoms with E-state index in [0.717, 1.165) is 34.7 Å². The Kier molecular flexibility index (Phi) is 4.00. The molecule has 28 heavy (non-hydrogen) atoms. The van der Waals surface area contributed by atoms with Crippen molar-refractivity contribution in [1.29, 1.82) is 0 Å². The van der Waals surface area contributed by atoms with Crippen LogP contribution >= 0.6 is 0 Å². The Hall–Kier alpha value is -2.88. The summed E-state index contributed by atoms with van der Waals surface area (Å²) in [5.41, 5.74) is 7.54. The van der Waals surface area contributed by atoms with Gasteiger partial charge in [0.15, 0.2) is 0 Å². The lowest BCUT2D eigenvalue weighted by Gasteiger charge is -2.27. The summed E-state index contributed by atoms with van der Waals surface area (Å²) >= 11 is 0. The molecule has 1 aliphatic carbocycles. The number of benzene rings is 1. The highest BCUT2D eigenvalue weighted by Gasteiger charge is 2.42. The molecule has 0 bridgehead atoms. The van der Waals surface area contributed by atoms with Gasteiger partial charge in [0, 0.05) is 29.6 Å². The number of aliphatic hydroxyl groups is 1. The van der Waals surface area contributed by atoms with E-state index < -0.39 is 0 Å². The van der Waals surface area contributed by atoms with Crippen molar-refractivity contribution in [1.82, 2.24) is 0 Å². The van der Waals surface area contributed by atoms with Crippen molar-refractivity contribution in [2.24, 2.45) is 4.99 Å². The van der Waals surface area contributed by atoms with Crippen LogP contribution in [0.25, 0.3) is 0 Å². The molecule has 3 aliphatic rings. The smallest absolute Gasteiger partial charge is 0.202 e. The van der Waals surface area contributed by atoms with Crippen LogP contribution in [0.15, 0.2) is 74.8 Å². The zero-order chi connectivity index (χ0) is 20.4. The Labute approximate surface area is 166 Å². The van der Waals surface area contributed by atoms with Gasteiger partial charge in [0.1, 0.15) is 5.76 Å². The first-order chi connectivity index (χ1) is 13.2. The van der Waals surface area contributed by atoms with Crippen LogP contribution in [0.4, 0.5) is 5.69 Å². The van der Waals surface area contributed by atoms with Crippen molar-refractivity contribution in [3.05, 3.63) is 75.4 Å². The Morgan fingerprint density at radius 3 is 2.46 bits per heavy atom. The van der Waals surface area contributed by atoms with Crippen molar-refractivity contribution in [2.45, 2.75) is 46.5 Å². The number of aliphatic hydroxyl groups excluding tert-OH is 1. The molecule has 0 saturated carbocycles. The minimum Gasteiger partial charge on any atom is -0.506 e. The van der Waals surface area contributed by atoms with Crippen molar-refractivity contribution in [3.63, 3.8) is 0 Å². The standard InChI is InChI=1S/C24H26N2O2/c1-7-15-13(2)21(25-14(15)3)20-22(27)16(23(20)28)12-19-24(4,5)17-10-8-9-11-18(17)26(19)6/h8-12,27H,7H2,1-6H3/b19-12-,21-20+. The van der Waals surface area contributed by atoms with E-state index >= 15 is 0 Å². The fourth-order valence-corrected chi connectivity index (χ4v) is 4.67. The van der Waals surface area contributed by atoms with Gasteiger partial charge in [-0.2, -0.15) is 0 Å². The number of aliphatic imine (C=N–C) groups is 1. The fourth-order valence-electron chi connectivity index (χ4n) is 4.67. The lowest BCUT2D eigenvalue weighted by atomic mass is 9.79. The third kappa shape index (κ3) is 2.30. The SMILES string of the molecule is CCC1=C(C)/C(=C2\C(=O)C(/C=C3\N(C)c4ccccc4C3(C)C)=C2O)N=C1C. The molecule has 0 amide bonds. The first-order valence-electron chi connectivity index (χ1n) is 9.73. The van der Waals surface area contributed by atoms with Crippen LogP contribution in [0.2, 0.25) is 0 Å². The van der Waals surface area contributed by atoms with E-state index in [4.69, 9.17) is 0 Å². The van der Waals surface area contributed by atoms with E-state index in [9.17, 15) is 9.90 Å². The molecule has 1 N–H and O–H groups in total. The van der Waals surface area contributed by atoms with E-state index in [1.807, 2.05) is 39.1 Å². The number of Topliss-reactive ketones (excluding diaryl/α,β-unsaturated/α-hetero) is 1. The molecule has 0 spiro atoms. The van der Waals surface area contributed by atoms with Gasteiger partial charge in [-0.3, -0.25) is 9.79 Å². The number of carbonyl (C=O) groups excluding carboxylic acids is 1. The zero-order valence-electron chi connectivity index (χ0n) is 17.3. The van der Waals surface area contributed by atoms with Crippen LogP contribution in [-0.4, -0.2) is 23.6 Å². The molecule has 4 heteroatoms. The summed E-state index contributed by atoms with van der Waals surface area (Å²) in [4.78, 5) is 19.6. The molecule has 0 atom stereocenters. The van der Waals surface area contributed by atoms with Gasteiger partial charge in [-0.15, -0.1) is 0 Å². The van der Waals surface area contributed by atoms with E-state index in [1.165, 1.54) is 5.56 Å². The average molecular weight is 374 g/mol. The van der Waals surface area contributed by atoms with Gasteiger partial charge in [-0.1, -0.05) is 39.0 Å². The molecule has 2 heterocycles. The third-order valence-electron chi connectivity index (χ3n) is 6.30. The number of carbonyl (C=O) groups is 1. The molecule has 4 rings (SSSR count). The van der Waals surface area contributed by atoms with Crippen LogP contribution in [0.3, 0.4) is 0 Å². The maximum atomic E-state index is 13.0. The van der Waals surface area contributed by atoms with Crippen LogP contribution in [-0.2, 0) is 10.2 Å². The van der Waals surface area contributed by atoms with Gasteiger partial charge in [0.05, 0.1) is 16.8 Å². The van der Waals surface area contributed by atoms with Gasteiger partial charge in [0.2, 0.25) is 5.78 Å². The van der Waals surface area contributed by atoms with E-state index in [0.29, 0.717) is 16.8 Å². The van der Waals surface area contributed by atoms with Crippen molar-refractivity contribution in [3.8, 4) is 0 Å². The van der Waals surface area contributed by atoms with Gasteiger partial charge >= 0.3 is 0 Å². The van der Waals surface area contributed by atoms with Crippen molar-refractivity contribution in [2.75, 3.05) is 11.9 Å². The Balaban J connectivity index is 1.81. The topological polar surface area (TPSA) is 52.9 Å². The number of allylic oxidation sites excluding steroid dienone is 6. The third-order valence-corrected chi connectivity index (χ3v) is 6.30. The number of ketones is 1. The number of nitrogens with zero attached hydrogens (tertiary/aromatic N) is 2. The maximum absolute atomic E-state index is 13.0. The van der Waals surface area contributed by atoms with E-state index in [-0.39, 0.29) is 17.0 Å². The van der Waals surface area contributed by atoms with E-state index in [2.05, 4.69) is 42.8 Å². The number of hydrogen-bond donors (Lipinski definition) is 1. The van der Waals surface area contributed by atoms with Crippen LogP contribution in [0.5, 0.6) is 0 Å². The molecular weight excluding hydrogens is 348 g/mol. The molecule has 0 saturated heterocycles. The van der Waals surface area contributed by atoms with Gasteiger partial charge < -0.3 is 10.0 Å². The highest BCUT2D eigenvalue weighted by Crippen LogP contribution is 2.48. The summed E-state index contributed by atoms with van der Waals surface area (Å²) in [6.07, 6.45) is 2.71. The molecule has 0 radical (unpaired) electrons. The van der Waals surface area contributed by atoms with Gasteiger partial charge in [-0.05, 0) is 49.1 Å². The Bertz CT molecular complexity index is 1080. The molecular formula is C24H26N2O2. The minimum absolute atomic E-state index is 0.0564. The number of rotatable bonds is 2. The highest BCUT2D eigenvalue weighted by atomic mass is 16.3. The number of anilines is 1. The first-order valence-corrected chi connectivity index (χ1v) is 9.73. The maximum Gasteiger partial charge on any atom is 0.202 e. The Morgan fingerprint density at radius 2 is 1.89 bits per heavy atom. The van der Waals surface area contributed by atoms with Crippen LogP contribution in [0, 0.1) is 0 Å². The Morgan fingerprint density at radius 1 is 1.21 bits per heavy atom. The van der Waals surface area contributed by atoms with Gasteiger partial charge in [0.25, 0.3) is 0 Å². The molecule has 1 aromatic rings. The number of hydrogen-bond acceptors (Lipinski definition) is 4. The highest BCUT2D eigenvalue weighted by molar-refractivity contribution is 6.22. The normalized spacial score (nSPS) is 24.9. The molecule has 0 fully saturated rings. The molecule has 0 aromatic heterocycles. The fraction of sp³-hybridized carbons (Fsp3) is 0.333. The molecule has 4 nitrogen and oxygen atoms in total. The number of para-hydroxylation sites is 1. The summed E-state index contributed by atoms with van der Waals surface area (Å²) in [5.74, 6) is -0.0747. The van der Waals surface area contributed by atoms with Crippen LogP contribution < -0.4 is 4.90 Å². The number of fused-ring (bicyclic) bond motifs is 1. The summed E-state index contributed by atoms with van der Waals surface area (Å²) < 4.78 is 0. The summed E-state index contributed by atoms with van der Waals surface area (Å²) in [5, 5.41) is 10.7. The monoisotopic (exact) mass is 374 g/mol. The lowest BCUT2D eigenvalue weighted by Crippen LogP contribution is -2.27. The minimum atomic E-state index is -0.241. The molecule has 144 valence electrons. The molecule has 2 aliphatic heterocycles. The van der Waals surface area contributed by atoms with Crippen molar-refractivity contribution >= 4 is 17.2 Å². The number of likely N-dealkylation sites (N-methyl/N-ethyl adjacent to an activating group) is 1. The first kappa shape index (κ1) is 18.5. The summed E-state index contributed by atoms with van der Waals surface area (Å²) in [7, 11) is 2.00. The predicted molar refractivity (Wildman–Crippen MR) is 114 cm³/mol. The predicted octanol–water partition coefficient (Wildman–Crippen LogP) is 5.15. The van der Waals surface area contributed by atoms with Gasteiger partial charge in [-0.25, -0.2) is 0 Å².